The van der Waals surface area contributed by atoms with Crippen molar-refractivity contribution in [2.45, 2.75) is 46.1 Å². The molecule has 0 amide bonds. The van der Waals surface area contributed by atoms with Crippen molar-refractivity contribution in [2.24, 2.45) is 5.92 Å². The summed E-state index contributed by atoms with van der Waals surface area (Å²) in [6, 6.07) is 14.3. The number of carbonyl (C=O) groups is 2. The van der Waals surface area contributed by atoms with Crippen molar-refractivity contribution in [3.05, 3.63) is 82.7 Å². The minimum absolute atomic E-state index is 0.0189. The fraction of sp³-hybridized carbons (Fsp3) is 0.320. The molecule has 1 atom stereocenters. The van der Waals surface area contributed by atoms with E-state index < -0.39 is 0 Å². The summed E-state index contributed by atoms with van der Waals surface area (Å²) in [4.78, 5) is 24.6. The summed E-state index contributed by atoms with van der Waals surface area (Å²) in [6.07, 6.45) is 7.20. The van der Waals surface area contributed by atoms with Crippen LogP contribution in [0.15, 0.2) is 60.2 Å². The molecule has 1 aromatic heterocycles. The first-order valence-corrected chi connectivity index (χ1v) is 10.0. The van der Waals surface area contributed by atoms with Crippen LogP contribution in [0.1, 0.15) is 53.0 Å². The van der Waals surface area contributed by atoms with Gasteiger partial charge in [-0.15, -0.1) is 0 Å². The summed E-state index contributed by atoms with van der Waals surface area (Å²) >= 11 is 0. The number of aryl methyl sites for hydroxylation is 1. The highest BCUT2D eigenvalue weighted by Crippen LogP contribution is 2.23. The maximum absolute atomic E-state index is 12.8. The second-order valence-electron chi connectivity index (χ2n) is 7.67. The molecule has 29 heavy (non-hydrogen) atoms. The molecule has 0 saturated carbocycles. The Balaban J connectivity index is 1.62. The van der Waals surface area contributed by atoms with Gasteiger partial charge in [-0.2, -0.15) is 5.26 Å². The third-order valence-electron chi connectivity index (χ3n) is 5.49. The number of ketones is 2. The Kier molecular flexibility index (Phi) is 6.61. The van der Waals surface area contributed by atoms with Gasteiger partial charge in [-0.1, -0.05) is 36.4 Å². The monoisotopic (exact) mass is 386 g/mol. The van der Waals surface area contributed by atoms with E-state index in [9.17, 15) is 9.59 Å². The van der Waals surface area contributed by atoms with Crippen LogP contribution in [0, 0.1) is 31.1 Å². The standard InChI is InChI=1S/C25H26N2O2/c1-18-13-24(19(2)27(18)17-20-7-4-3-5-8-20)25(29)10-6-9-21-14-22(16-26)11-12-23(28)15-21/h3-5,7-8,11-14,21H,6,9-10,15,17H2,1-2H3. The minimum atomic E-state index is 0.0189. The summed E-state index contributed by atoms with van der Waals surface area (Å²) in [5.74, 6) is 0.192. The van der Waals surface area contributed by atoms with Crippen LogP contribution in [0.2, 0.25) is 0 Å². The second-order valence-corrected chi connectivity index (χ2v) is 7.67. The van der Waals surface area contributed by atoms with E-state index >= 15 is 0 Å². The van der Waals surface area contributed by atoms with Gasteiger partial charge >= 0.3 is 0 Å². The number of aromatic nitrogens is 1. The van der Waals surface area contributed by atoms with Crippen molar-refractivity contribution in [3.63, 3.8) is 0 Å². The van der Waals surface area contributed by atoms with Crippen molar-refractivity contribution in [1.29, 1.82) is 5.26 Å². The predicted octanol–water partition coefficient (Wildman–Crippen LogP) is 5.10. The van der Waals surface area contributed by atoms with Gasteiger partial charge in [0.1, 0.15) is 0 Å². The Labute approximate surface area is 172 Å². The lowest BCUT2D eigenvalue weighted by atomic mass is 9.94. The Hall–Kier alpha value is -3.19. The molecule has 1 aliphatic carbocycles. The Bertz CT molecular complexity index is 1000. The van der Waals surface area contributed by atoms with Crippen LogP contribution in [-0.2, 0) is 11.3 Å². The van der Waals surface area contributed by atoms with Crippen molar-refractivity contribution in [2.75, 3.05) is 0 Å². The van der Waals surface area contributed by atoms with E-state index in [2.05, 4.69) is 22.8 Å². The predicted molar refractivity (Wildman–Crippen MR) is 114 cm³/mol. The molecule has 2 aromatic rings. The zero-order valence-corrected chi connectivity index (χ0v) is 17.0. The molecule has 0 fully saturated rings. The van der Waals surface area contributed by atoms with Gasteiger partial charge in [-0.05, 0) is 56.4 Å². The Morgan fingerprint density at radius 1 is 1.21 bits per heavy atom. The van der Waals surface area contributed by atoms with Crippen molar-refractivity contribution < 1.29 is 9.59 Å². The van der Waals surface area contributed by atoms with E-state index in [4.69, 9.17) is 5.26 Å². The summed E-state index contributed by atoms with van der Waals surface area (Å²) in [5.41, 5.74) is 4.59. The minimum Gasteiger partial charge on any atom is -0.344 e. The first kappa shape index (κ1) is 20.5. The molecule has 0 bridgehead atoms. The zero-order valence-electron chi connectivity index (χ0n) is 17.0. The molecule has 0 spiro atoms. The van der Waals surface area contributed by atoms with Gasteiger partial charge in [0.2, 0.25) is 0 Å². The van der Waals surface area contributed by atoms with Crippen LogP contribution in [0.5, 0.6) is 0 Å². The molecule has 0 N–H and O–H groups in total. The Morgan fingerprint density at radius 3 is 2.69 bits per heavy atom. The molecule has 4 nitrogen and oxygen atoms in total. The number of allylic oxidation sites excluding steroid dienone is 4. The van der Waals surface area contributed by atoms with Gasteiger partial charge in [0.25, 0.3) is 0 Å². The summed E-state index contributed by atoms with van der Waals surface area (Å²) < 4.78 is 2.18. The van der Waals surface area contributed by atoms with Crippen LogP contribution in [-0.4, -0.2) is 16.1 Å². The van der Waals surface area contributed by atoms with Crippen molar-refractivity contribution in [1.82, 2.24) is 4.57 Å². The van der Waals surface area contributed by atoms with Gasteiger partial charge in [0.15, 0.2) is 11.6 Å². The van der Waals surface area contributed by atoms with Gasteiger partial charge in [-0.3, -0.25) is 9.59 Å². The normalized spacial score (nSPS) is 16.2. The molecule has 0 radical (unpaired) electrons. The number of benzene rings is 1. The lowest BCUT2D eigenvalue weighted by Gasteiger charge is -2.11. The number of hydrogen-bond acceptors (Lipinski definition) is 3. The lowest BCUT2D eigenvalue weighted by Crippen LogP contribution is -2.07. The summed E-state index contributed by atoms with van der Waals surface area (Å²) in [7, 11) is 0. The summed E-state index contributed by atoms with van der Waals surface area (Å²) in [5, 5.41) is 9.11. The van der Waals surface area contributed by atoms with Gasteiger partial charge in [0.05, 0.1) is 6.07 Å². The molecule has 1 aromatic carbocycles. The number of nitriles is 1. The maximum atomic E-state index is 12.8. The van der Waals surface area contributed by atoms with E-state index in [0.717, 1.165) is 29.9 Å². The van der Waals surface area contributed by atoms with E-state index in [1.54, 1.807) is 6.08 Å². The fourth-order valence-corrected chi connectivity index (χ4v) is 3.89. The molecule has 0 aliphatic heterocycles. The van der Waals surface area contributed by atoms with E-state index in [-0.39, 0.29) is 17.5 Å². The summed E-state index contributed by atoms with van der Waals surface area (Å²) in [6.45, 7) is 4.79. The molecule has 3 rings (SSSR count). The Morgan fingerprint density at radius 2 is 1.97 bits per heavy atom. The van der Waals surface area contributed by atoms with Crippen LogP contribution < -0.4 is 0 Å². The van der Waals surface area contributed by atoms with E-state index in [1.807, 2.05) is 44.2 Å². The molecule has 1 aliphatic rings. The molecular formula is C25H26N2O2. The van der Waals surface area contributed by atoms with Gasteiger partial charge < -0.3 is 4.57 Å². The molecule has 0 saturated heterocycles. The lowest BCUT2D eigenvalue weighted by molar-refractivity contribution is -0.115. The number of Topliss-reactive ketones (excluding diaryl/α,β-unsaturated/α-hetero) is 1. The molecule has 1 unspecified atom stereocenters. The molecule has 148 valence electrons. The third kappa shape index (κ3) is 5.20. The van der Waals surface area contributed by atoms with Crippen molar-refractivity contribution >= 4 is 11.6 Å². The topological polar surface area (TPSA) is 62.9 Å². The highest BCUT2D eigenvalue weighted by atomic mass is 16.1. The van der Waals surface area contributed by atoms with E-state index in [0.29, 0.717) is 24.8 Å². The van der Waals surface area contributed by atoms with Crippen LogP contribution in [0.25, 0.3) is 0 Å². The van der Waals surface area contributed by atoms with Crippen LogP contribution >= 0.6 is 0 Å². The molecule has 1 heterocycles. The smallest absolute Gasteiger partial charge is 0.164 e. The average molecular weight is 386 g/mol. The molecular weight excluding hydrogens is 360 g/mol. The first-order chi connectivity index (χ1) is 14.0. The quantitative estimate of drug-likeness (QED) is 0.622. The zero-order chi connectivity index (χ0) is 20.8. The van der Waals surface area contributed by atoms with Crippen molar-refractivity contribution in [3.8, 4) is 6.07 Å². The highest BCUT2D eigenvalue weighted by molar-refractivity contribution is 5.97. The van der Waals surface area contributed by atoms with Crippen LogP contribution in [0.3, 0.4) is 0 Å². The maximum Gasteiger partial charge on any atom is 0.164 e. The largest absolute Gasteiger partial charge is 0.344 e. The number of nitrogens with zero attached hydrogens (tertiary/aromatic N) is 2. The number of hydrogen-bond donors (Lipinski definition) is 0. The third-order valence-corrected chi connectivity index (χ3v) is 5.49. The second kappa shape index (κ2) is 9.34. The fourth-order valence-electron chi connectivity index (χ4n) is 3.89. The van der Waals surface area contributed by atoms with Crippen LogP contribution in [0.4, 0.5) is 0 Å². The highest BCUT2D eigenvalue weighted by Gasteiger charge is 2.18. The molecule has 4 heteroatoms. The number of rotatable bonds is 7. The first-order valence-electron chi connectivity index (χ1n) is 10.0. The van der Waals surface area contributed by atoms with Gasteiger partial charge in [-0.25, -0.2) is 0 Å². The average Bonchev–Trinajstić information content (AvgIpc) is 2.88. The number of carbonyl (C=O) groups excluding carboxylic acids is 2. The van der Waals surface area contributed by atoms with E-state index in [1.165, 1.54) is 11.6 Å². The SMILES string of the molecule is Cc1cc(C(=O)CCCC2C=C(C#N)C=CC(=O)C2)c(C)n1Cc1ccccc1. The van der Waals surface area contributed by atoms with Gasteiger partial charge in [0, 0.05) is 41.9 Å².